The van der Waals surface area contributed by atoms with Crippen LogP contribution in [0.15, 0.2) is 18.2 Å². The van der Waals surface area contributed by atoms with Crippen LogP contribution in [0.4, 0.5) is 0 Å². The van der Waals surface area contributed by atoms with Crippen molar-refractivity contribution < 1.29 is 14.6 Å². The summed E-state index contributed by atoms with van der Waals surface area (Å²) in [6, 6.07) is 5.82. The molecule has 1 atom stereocenters. The van der Waals surface area contributed by atoms with Crippen molar-refractivity contribution in [2.24, 2.45) is 0 Å². The lowest BCUT2D eigenvalue weighted by atomic mass is 10.1. The number of carboxylic acid groups (broad SMARTS) is 1. The summed E-state index contributed by atoms with van der Waals surface area (Å²) in [6.07, 6.45) is -0.866. The lowest BCUT2D eigenvalue weighted by Gasteiger charge is -2.18. The van der Waals surface area contributed by atoms with E-state index in [1.54, 1.807) is 6.07 Å². The van der Waals surface area contributed by atoms with Gasteiger partial charge in [0.05, 0.1) is 0 Å². The van der Waals surface area contributed by atoms with Crippen LogP contribution in [0.5, 0.6) is 5.75 Å². The summed E-state index contributed by atoms with van der Waals surface area (Å²) in [6.45, 7) is 8.21. The maximum absolute atomic E-state index is 11.1. The van der Waals surface area contributed by atoms with Crippen LogP contribution in [0.2, 0.25) is 0 Å². The highest BCUT2D eigenvalue weighted by Gasteiger charge is 2.19. The molecule has 0 aliphatic rings. The Labute approximate surface area is 108 Å². The molecule has 1 aromatic rings. The summed E-state index contributed by atoms with van der Waals surface area (Å²) in [7, 11) is 0. The highest BCUT2D eigenvalue weighted by molar-refractivity contribution is 5.73. The van der Waals surface area contributed by atoms with Gasteiger partial charge in [0, 0.05) is 12.6 Å². The standard InChI is InChI=1S/C14H21NO3/c1-9(2)15-8-13(14(16)17)18-12-6-5-10(3)11(4)7-12/h5-7,9,13,15H,8H2,1-4H3,(H,16,17). The quantitative estimate of drug-likeness (QED) is 0.813. The Hall–Kier alpha value is -1.55. The van der Waals surface area contributed by atoms with Crippen LogP contribution < -0.4 is 10.1 Å². The minimum Gasteiger partial charge on any atom is -0.478 e. The zero-order valence-electron chi connectivity index (χ0n) is 11.4. The van der Waals surface area contributed by atoms with Crippen LogP contribution in [0.3, 0.4) is 0 Å². The fraction of sp³-hybridized carbons (Fsp3) is 0.500. The van der Waals surface area contributed by atoms with Gasteiger partial charge < -0.3 is 15.2 Å². The van der Waals surface area contributed by atoms with Crippen molar-refractivity contribution in [3.8, 4) is 5.75 Å². The molecule has 4 heteroatoms. The van der Waals surface area contributed by atoms with Gasteiger partial charge in [-0.2, -0.15) is 0 Å². The van der Waals surface area contributed by atoms with Crippen LogP contribution >= 0.6 is 0 Å². The molecule has 2 N–H and O–H groups in total. The topological polar surface area (TPSA) is 58.6 Å². The van der Waals surface area contributed by atoms with Crippen molar-refractivity contribution in [1.29, 1.82) is 0 Å². The number of benzene rings is 1. The van der Waals surface area contributed by atoms with E-state index in [0.29, 0.717) is 12.3 Å². The summed E-state index contributed by atoms with van der Waals surface area (Å²) in [5.74, 6) is -0.363. The van der Waals surface area contributed by atoms with Gasteiger partial charge in [0.15, 0.2) is 0 Å². The first-order chi connectivity index (χ1) is 8.40. The molecule has 0 amide bonds. The Morgan fingerprint density at radius 3 is 2.50 bits per heavy atom. The van der Waals surface area contributed by atoms with E-state index >= 15 is 0 Å². The third-order valence-corrected chi connectivity index (χ3v) is 2.74. The first-order valence-electron chi connectivity index (χ1n) is 6.10. The summed E-state index contributed by atoms with van der Waals surface area (Å²) in [5.41, 5.74) is 2.25. The molecule has 0 fully saturated rings. The van der Waals surface area contributed by atoms with E-state index in [9.17, 15) is 4.79 Å². The van der Waals surface area contributed by atoms with Crippen LogP contribution in [0.1, 0.15) is 25.0 Å². The van der Waals surface area contributed by atoms with Gasteiger partial charge in [-0.1, -0.05) is 19.9 Å². The number of ether oxygens (including phenoxy) is 1. The molecule has 0 bridgehead atoms. The van der Waals surface area contributed by atoms with E-state index in [4.69, 9.17) is 9.84 Å². The zero-order valence-corrected chi connectivity index (χ0v) is 11.4. The molecular formula is C14H21NO3. The number of carbonyl (C=O) groups is 1. The second-order valence-electron chi connectivity index (χ2n) is 4.75. The van der Waals surface area contributed by atoms with E-state index in [0.717, 1.165) is 11.1 Å². The largest absolute Gasteiger partial charge is 0.478 e. The second-order valence-corrected chi connectivity index (χ2v) is 4.75. The van der Waals surface area contributed by atoms with Crippen LogP contribution in [0.25, 0.3) is 0 Å². The highest BCUT2D eigenvalue weighted by atomic mass is 16.5. The fourth-order valence-corrected chi connectivity index (χ4v) is 1.47. The van der Waals surface area contributed by atoms with Crippen molar-refractivity contribution in [1.82, 2.24) is 5.32 Å². The molecule has 0 heterocycles. The number of aliphatic carboxylic acids is 1. The van der Waals surface area contributed by atoms with Crippen LogP contribution in [-0.2, 0) is 4.79 Å². The van der Waals surface area contributed by atoms with E-state index in [-0.39, 0.29) is 6.04 Å². The highest BCUT2D eigenvalue weighted by Crippen LogP contribution is 2.17. The first-order valence-corrected chi connectivity index (χ1v) is 6.10. The molecule has 0 aliphatic carbocycles. The van der Waals surface area contributed by atoms with Crippen molar-refractivity contribution in [2.45, 2.75) is 39.8 Å². The molecule has 0 spiro atoms. The predicted octanol–water partition coefficient (Wildman–Crippen LogP) is 2.13. The van der Waals surface area contributed by atoms with Gasteiger partial charge in [0.25, 0.3) is 0 Å². The number of hydrogen-bond donors (Lipinski definition) is 2. The monoisotopic (exact) mass is 251 g/mol. The summed E-state index contributed by atoms with van der Waals surface area (Å²) in [5, 5.41) is 12.2. The van der Waals surface area contributed by atoms with Gasteiger partial charge in [0.1, 0.15) is 5.75 Å². The molecule has 100 valence electrons. The molecule has 0 aliphatic heterocycles. The number of rotatable bonds is 6. The Balaban J connectivity index is 2.70. The molecule has 0 saturated heterocycles. The average molecular weight is 251 g/mol. The van der Waals surface area contributed by atoms with E-state index < -0.39 is 12.1 Å². The van der Waals surface area contributed by atoms with E-state index in [2.05, 4.69) is 5.32 Å². The van der Waals surface area contributed by atoms with Gasteiger partial charge in [-0.15, -0.1) is 0 Å². The van der Waals surface area contributed by atoms with Gasteiger partial charge in [-0.3, -0.25) is 0 Å². The number of nitrogens with one attached hydrogen (secondary N) is 1. The smallest absolute Gasteiger partial charge is 0.346 e. The Morgan fingerprint density at radius 1 is 1.33 bits per heavy atom. The normalized spacial score (nSPS) is 12.5. The fourth-order valence-electron chi connectivity index (χ4n) is 1.47. The van der Waals surface area contributed by atoms with Gasteiger partial charge >= 0.3 is 5.97 Å². The van der Waals surface area contributed by atoms with Crippen molar-refractivity contribution in [3.05, 3.63) is 29.3 Å². The lowest BCUT2D eigenvalue weighted by molar-refractivity contribution is -0.144. The molecule has 0 radical (unpaired) electrons. The molecule has 0 aromatic heterocycles. The Morgan fingerprint density at radius 2 is 2.00 bits per heavy atom. The van der Waals surface area contributed by atoms with Gasteiger partial charge in [-0.05, 0) is 37.1 Å². The summed E-state index contributed by atoms with van der Waals surface area (Å²) in [4.78, 5) is 11.1. The lowest BCUT2D eigenvalue weighted by Crippen LogP contribution is -2.40. The SMILES string of the molecule is Cc1ccc(OC(CNC(C)C)C(=O)O)cc1C. The van der Waals surface area contributed by atoms with E-state index in [1.165, 1.54) is 0 Å². The molecule has 1 aromatic carbocycles. The van der Waals surface area contributed by atoms with Crippen molar-refractivity contribution in [3.63, 3.8) is 0 Å². The average Bonchev–Trinajstić information content (AvgIpc) is 2.28. The number of carboxylic acids is 1. The van der Waals surface area contributed by atoms with Gasteiger partial charge in [0.2, 0.25) is 6.10 Å². The Bertz CT molecular complexity index is 416. The third kappa shape index (κ3) is 4.37. The molecule has 4 nitrogen and oxygen atoms in total. The molecule has 18 heavy (non-hydrogen) atoms. The number of aryl methyl sites for hydroxylation is 2. The predicted molar refractivity (Wildman–Crippen MR) is 71.1 cm³/mol. The molecule has 0 saturated carbocycles. The minimum atomic E-state index is -0.957. The van der Waals surface area contributed by atoms with Crippen molar-refractivity contribution >= 4 is 5.97 Å². The van der Waals surface area contributed by atoms with E-state index in [1.807, 2.05) is 39.8 Å². The molecular weight excluding hydrogens is 230 g/mol. The Kier molecular flexibility index (Phi) is 5.16. The molecule has 1 rings (SSSR count). The summed E-state index contributed by atoms with van der Waals surface area (Å²) >= 11 is 0. The minimum absolute atomic E-state index is 0.232. The molecule has 1 unspecified atom stereocenters. The zero-order chi connectivity index (χ0) is 13.7. The maximum atomic E-state index is 11.1. The first kappa shape index (κ1) is 14.5. The van der Waals surface area contributed by atoms with Crippen LogP contribution in [-0.4, -0.2) is 29.8 Å². The summed E-state index contributed by atoms with van der Waals surface area (Å²) < 4.78 is 5.50. The van der Waals surface area contributed by atoms with Crippen LogP contribution in [0, 0.1) is 13.8 Å². The van der Waals surface area contributed by atoms with Gasteiger partial charge in [-0.25, -0.2) is 4.79 Å². The number of hydrogen-bond acceptors (Lipinski definition) is 3. The maximum Gasteiger partial charge on any atom is 0.346 e. The third-order valence-electron chi connectivity index (χ3n) is 2.74. The second kappa shape index (κ2) is 6.40. The van der Waals surface area contributed by atoms with Crippen molar-refractivity contribution in [2.75, 3.05) is 6.54 Å².